The molecule has 3 N–H and O–H groups in total. The van der Waals surface area contributed by atoms with Crippen LogP contribution in [0.5, 0.6) is 0 Å². The zero-order valence-corrected chi connectivity index (χ0v) is 11.3. The molecule has 0 fully saturated rings. The molecule has 0 radical (unpaired) electrons. The monoisotopic (exact) mass is 289 g/mol. The third kappa shape index (κ3) is 2.35. The molecule has 98 valence electrons. The van der Waals surface area contributed by atoms with Crippen molar-refractivity contribution in [2.24, 2.45) is 0 Å². The predicted octanol–water partition coefficient (Wildman–Crippen LogP) is 0.171. The van der Waals surface area contributed by atoms with Gasteiger partial charge in [0.1, 0.15) is 5.01 Å². The molecule has 0 aliphatic heterocycles. The van der Waals surface area contributed by atoms with E-state index >= 15 is 0 Å². The number of rotatable bonds is 4. The van der Waals surface area contributed by atoms with E-state index in [1.165, 1.54) is 0 Å². The third-order valence-corrected chi connectivity index (χ3v) is 4.39. The Labute approximate surface area is 107 Å². The van der Waals surface area contributed by atoms with Crippen LogP contribution in [0.25, 0.3) is 0 Å². The lowest BCUT2D eigenvalue weighted by Crippen LogP contribution is -2.15. The lowest BCUT2D eigenvalue weighted by molar-refractivity contribution is 0.277. The topological polar surface area (TPSA) is 121 Å². The maximum absolute atomic E-state index is 12.0. The second-order valence-corrected chi connectivity index (χ2v) is 6.30. The van der Waals surface area contributed by atoms with Gasteiger partial charge in [-0.25, -0.2) is 0 Å². The average Bonchev–Trinajstić information content (AvgIpc) is 2.84. The highest BCUT2D eigenvalue weighted by Crippen LogP contribution is 2.21. The van der Waals surface area contributed by atoms with Crippen molar-refractivity contribution >= 4 is 26.5 Å². The van der Waals surface area contributed by atoms with Gasteiger partial charge in [-0.2, -0.15) is 13.5 Å². The van der Waals surface area contributed by atoms with Gasteiger partial charge >= 0.3 is 0 Å². The number of aromatic amines is 1. The summed E-state index contributed by atoms with van der Waals surface area (Å²) in [5.74, 6) is 0. The van der Waals surface area contributed by atoms with E-state index < -0.39 is 16.6 Å². The third-order valence-electron chi connectivity index (χ3n) is 2.20. The summed E-state index contributed by atoms with van der Waals surface area (Å²) in [5, 5.41) is 23.3. The van der Waals surface area contributed by atoms with Crippen LogP contribution in [-0.2, 0) is 16.6 Å². The van der Waals surface area contributed by atoms with Gasteiger partial charge < -0.3 is 5.11 Å². The van der Waals surface area contributed by atoms with Gasteiger partial charge in [0.05, 0.1) is 6.61 Å². The van der Waals surface area contributed by atoms with Gasteiger partial charge in [0.2, 0.25) is 10.2 Å². The molecule has 8 nitrogen and oxygen atoms in total. The molecule has 0 unspecified atom stereocenters. The molecule has 2 aromatic heterocycles. The Kier molecular flexibility index (Phi) is 3.32. The number of aliphatic hydroxyl groups is 1. The number of H-pyrrole nitrogens is 1. The molecule has 0 saturated heterocycles. The van der Waals surface area contributed by atoms with E-state index in [2.05, 4.69) is 25.1 Å². The first-order chi connectivity index (χ1) is 8.44. The van der Waals surface area contributed by atoms with Crippen LogP contribution in [-0.4, -0.2) is 33.9 Å². The molecule has 2 aromatic rings. The Bertz CT molecular complexity index is 660. The average molecular weight is 289 g/mol. The molecule has 0 spiro atoms. The van der Waals surface area contributed by atoms with Crippen molar-refractivity contribution in [2.75, 3.05) is 4.72 Å². The summed E-state index contributed by atoms with van der Waals surface area (Å²) in [7, 11) is -3.87. The Morgan fingerprint density at radius 1 is 1.39 bits per heavy atom. The number of anilines is 1. The normalized spacial score (nSPS) is 11.7. The van der Waals surface area contributed by atoms with E-state index in [0.717, 1.165) is 11.3 Å². The van der Waals surface area contributed by atoms with Crippen molar-refractivity contribution < 1.29 is 13.5 Å². The number of nitrogens with zero attached hydrogens (tertiary/aromatic N) is 3. The summed E-state index contributed by atoms with van der Waals surface area (Å²) in [4.78, 5) is 0. The maximum Gasteiger partial charge on any atom is 0.283 e. The van der Waals surface area contributed by atoms with Crippen molar-refractivity contribution in [1.82, 2.24) is 20.4 Å². The molecule has 10 heteroatoms. The Hall–Kier alpha value is -1.52. The highest BCUT2D eigenvalue weighted by atomic mass is 32.2. The van der Waals surface area contributed by atoms with Crippen molar-refractivity contribution in [1.29, 1.82) is 0 Å². The molecule has 0 bridgehead atoms. The first kappa shape index (κ1) is 12.9. The molecule has 0 saturated carbocycles. The van der Waals surface area contributed by atoms with Gasteiger partial charge in [0, 0.05) is 11.3 Å². The molecular weight excluding hydrogens is 278 g/mol. The molecule has 0 aromatic carbocycles. The largest absolute Gasteiger partial charge is 0.392 e. The van der Waals surface area contributed by atoms with Crippen LogP contribution < -0.4 is 4.72 Å². The van der Waals surface area contributed by atoms with Crippen molar-refractivity contribution in [3.63, 3.8) is 0 Å². The van der Waals surface area contributed by atoms with Gasteiger partial charge in [0.25, 0.3) is 10.0 Å². The summed E-state index contributed by atoms with van der Waals surface area (Å²) in [6.45, 7) is 2.94. The van der Waals surface area contributed by atoms with E-state index in [1.807, 2.05) is 0 Å². The fourth-order valence-corrected chi connectivity index (χ4v) is 3.35. The number of aliphatic hydroxyl groups excluding tert-OH is 1. The maximum atomic E-state index is 12.0. The molecular formula is C8H11N5O3S2. The molecule has 0 amide bonds. The summed E-state index contributed by atoms with van der Waals surface area (Å²) in [5.41, 5.74) is 0.745. The van der Waals surface area contributed by atoms with Crippen LogP contribution in [0.1, 0.15) is 16.3 Å². The first-order valence-corrected chi connectivity index (χ1v) is 7.21. The smallest absolute Gasteiger partial charge is 0.283 e. The molecule has 2 heterocycles. The number of aryl methyl sites for hydroxylation is 2. The van der Waals surface area contributed by atoms with Gasteiger partial charge in [-0.1, -0.05) is 11.3 Å². The number of hydrogen-bond donors (Lipinski definition) is 3. The summed E-state index contributed by atoms with van der Waals surface area (Å²) in [6, 6.07) is 0. The molecule has 0 aliphatic rings. The second-order valence-electron chi connectivity index (χ2n) is 3.52. The van der Waals surface area contributed by atoms with Crippen LogP contribution in [0, 0.1) is 13.8 Å². The second kappa shape index (κ2) is 4.63. The van der Waals surface area contributed by atoms with Crippen molar-refractivity contribution in [3.05, 3.63) is 16.3 Å². The van der Waals surface area contributed by atoms with Crippen LogP contribution >= 0.6 is 11.3 Å². The Morgan fingerprint density at radius 2 is 2.11 bits per heavy atom. The van der Waals surface area contributed by atoms with E-state index in [-0.39, 0.29) is 15.7 Å². The minimum atomic E-state index is -3.87. The fourth-order valence-electron chi connectivity index (χ4n) is 1.34. The number of nitrogens with one attached hydrogen (secondary N) is 2. The van der Waals surface area contributed by atoms with Crippen LogP contribution in [0.15, 0.2) is 5.03 Å². The van der Waals surface area contributed by atoms with E-state index in [1.54, 1.807) is 13.8 Å². The quantitative estimate of drug-likeness (QED) is 0.738. The summed E-state index contributed by atoms with van der Waals surface area (Å²) < 4.78 is 26.3. The highest BCUT2D eigenvalue weighted by molar-refractivity contribution is 7.92. The first-order valence-electron chi connectivity index (χ1n) is 4.91. The fraction of sp³-hybridized carbons (Fsp3) is 0.375. The van der Waals surface area contributed by atoms with Gasteiger partial charge in [0.15, 0.2) is 0 Å². The number of aromatic nitrogens is 4. The summed E-state index contributed by atoms with van der Waals surface area (Å²) in [6.07, 6.45) is 0. The molecule has 0 aliphatic carbocycles. The van der Waals surface area contributed by atoms with Crippen LogP contribution in [0.3, 0.4) is 0 Å². The lowest BCUT2D eigenvalue weighted by atomic mass is 10.3. The number of hydrogen-bond acceptors (Lipinski definition) is 7. The van der Waals surface area contributed by atoms with Gasteiger partial charge in [-0.15, -0.1) is 10.2 Å². The molecule has 0 atom stereocenters. The van der Waals surface area contributed by atoms with Gasteiger partial charge in [-0.05, 0) is 13.8 Å². The van der Waals surface area contributed by atoms with Gasteiger partial charge in [-0.3, -0.25) is 9.82 Å². The standard InChI is InChI=1S/C8H11N5O3S2/c1-4-6(3-14)7(11-9-4)18(15,16)13-8-12-10-5(2)17-8/h14H,3H2,1-2H3,(H,9,11)(H,12,13). The minimum Gasteiger partial charge on any atom is -0.392 e. The van der Waals surface area contributed by atoms with E-state index in [0.29, 0.717) is 10.7 Å². The molecule has 2 rings (SSSR count). The lowest BCUT2D eigenvalue weighted by Gasteiger charge is -2.03. The van der Waals surface area contributed by atoms with Crippen molar-refractivity contribution in [2.45, 2.75) is 25.5 Å². The number of sulfonamides is 1. The van der Waals surface area contributed by atoms with E-state index in [4.69, 9.17) is 5.11 Å². The Morgan fingerprint density at radius 3 is 2.67 bits per heavy atom. The zero-order chi connectivity index (χ0) is 13.3. The van der Waals surface area contributed by atoms with Crippen LogP contribution in [0.2, 0.25) is 0 Å². The molecule has 18 heavy (non-hydrogen) atoms. The van der Waals surface area contributed by atoms with E-state index in [9.17, 15) is 8.42 Å². The van der Waals surface area contributed by atoms with Crippen LogP contribution in [0.4, 0.5) is 5.13 Å². The summed E-state index contributed by atoms with van der Waals surface area (Å²) >= 11 is 1.12. The zero-order valence-electron chi connectivity index (χ0n) is 9.63. The minimum absolute atomic E-state index is 0.164. The SMILES string of the molecule is Cc1nnc(NS(=O)(=O)c2n[nH]c(C)c2CO)s1. The predicted molar refractivity (Wildman–Crippen MR) is 64.7 cm³/mol. The van der Waals surface area contributed by atoms with Crippen molar-refractivity contribution in [3.8, 4) is 0 Å². The highest BCUT2D eigenvalue weighted by Gasteiger charge is 2.24. The Balaban J connectivity index is 2.36.